The molecule has 16 heavy (non-hydrogen) atoms. The molecule has 0 bridgehead atoms. The van der Waals surface area contributed by atoms with Gasteiger partial charge in [0.25, 0.3) is 0 Å². The third-order valence-corrected chi connectivity index (χ3v) is 3.82. The van der Waals surface area contributed by atoms with E-state index in [0.29, 0.717) is 12.2 Å². The zero-order chi connectivity index (χ0) is 12.1. The molecular formula is C11H9I2NO2. The molecule has 0 aliphatic rings. The molecule has 1 aromatic rings. The zero-order valence-corrected chi connectivity index (χ0v) is 12.9. The normalized spacial score (nSPS) is 9.62. The topological polar surface area (TPSA) is 50.1 Å². The molecule has 5 heteroatoms. The Morgan fingerprint density at radius 3 is 2.44 bits per heavy atom. The lowest BCUT2D eigenvalue weighted by Gasteiger charge is -2.07. The lowest BCUT2D eigenvalue weighted by Crippen LogP contribution is -2.10. The predicted molar refractivity (Wildman–Crippen MR) is 76.9 cm³/mol. The minimum absolute atomic E-state index is 0.233. The SMILES string of the molecule is CCOC(=O)Cc1c(I)cc(C#N)cc1I. The number of carbonyl (C=O) groups excluding carboxylic acids is 1. The number of ether oxygens (including phenoxy) is 1. The average Bonchev–Trinajstić information content (AvgIpc) is 2.23. The molecule has 3 nitrogen and oxygen atoms in total. The van der Waals surface area contributed by atoms with Crippen molar-refractivity contribution in [3.63, 3.8) is 0 Å². The van der Waals surface area contributed by atoms with E-state index in [1.165, 1.54) is 0 Å². The molecule has 0 aromatic heterocycles. The van der Waals surface area contributed by atoms with Gasteiger partial charge in [-0.1, -0.05) is 0 Å². The highest BCUT2D eigenvalue weighted by Gasteiger charge is 2.12. The molecule has 0 heterocycles. The second kappa shape index (κ2) is 6.39. The number of esters is 1. The van der Waals surface area contributed by atoms with Crippen molar-refractivity contribution in [3.05, 3.63) is 30.4 Å². The van der Waals surface area contributed by atoms with E-state index in [2.05, 4.69) is 51.3 Å². The first kappa shape index (κ1) is 13.7. The molecule has 0 aliphatic carbocycles. The van der Waals surface area contributed by atoms with Crippen molar-refractivity contribution in [1.29, 1.82) is 5.26 Å². The highest BCUT2D eigenvalue weighted by molar-refractivity contribution is 14.1. The molecule has 0 spiro atoms. The van der Waals surface area contributed by atoms with Crippen LogP contribution < -0.4 is 0 Å². The zero-order valence-electron chi connectivity index (χ0n) is 8.59. The molecule has 0 saturated carbocycles. The van der Waals surface area contributed by atoms with Crippen LogP contribution in [0.1, 0.15) is 18.1 Å². The van der Waals surface area contributed by atoms with Crippen molar-refractivity contribution >= 4 is 51.2 Å². The predicted octanol–water partition coefficient (Wildman–Crippen LogP) is 2.87. The van der Waals surface area contributed by atoms with Gasteiger partial charge >= 0.3 is 5.97 Å². The molecule has 0 fully saturated rings. The molecule has 0 amide bonds. The Labute approximate surface area is 121 Å². The van der Waals surface area contributed by atoms with E-state index in [-0.39, 0.29) is 12.4 Å². The maximum Gasteiger partial charge on any atom is 0.310 e. The van der Waals surface area contributed by atoms with Crippen LogP contribution in [0, 0.1) is 18.5 Å². The Morgan fingerprint density at radius 1 is 1.44 bits per heavy atom. The van der Waals surface area contributed by atoms with Gasteiger partial charge in [0.15, 0.2) is 0 Å². The van der Waals surface area contributed by atoms with Crippen molar-refractivity contribution in [2.24, 2.45) is 0 Å². The Balaban J connectivity index is 2.98. The standard InChI is InChI=1S/C11H9I2NO2/c1-2-16-11(15)5-8-9(12)3-7(6-14)4-10(8)13/h3-4H,2,5H2,1H3. The van der Waals surface area contributed by atoms with Crippen molar-refractivity contribution in [1.82, 2.24) is 0 Å². The Kier molecular flexibility index (Phi) is 5.48. The van der Waals surface area contributed by atoms with E-state index in [4.69, 9.17) is 10.00 Å². The lowest BCUT2D eigenvalue weighted by molar-refractivity contribution is -0.142. The van der Waals surface area contributed by atoms with Crippen molar-refractivity contribution < 1.29 is 9.53 Å². The Morgan fingerprint density at radius 2 is 2.00 bits per heavy atom. The van der Waals surface area contributed by atoms with Crippen molar-refractivity contribution in [3.8, 4) is 6.07 Å². The van der Waals surface area contributed by atoms with Crippen LogP contribution in [-0.4, -0.2) is 12.6 Å². The molecular weight excluding hydrogens is 432 g/mol. The van der Waals surface area contributed by atoms with Crippen molar-refractivity contribution in [2.45, 2.75) is 13.3 Å². The van der Waals surface area contributed by atoms with Crippen LogP contribution in [0.3, 0.4) is 0 Å². The molecule has 84 valence electrons. The number of rotatable bonds is 3. The summed E-state index contributed by atoms with van der Waals surface area (Å²) in [6.45, 7) is 2.18. The quantitative estimate of drug-likeness (QED) is 0.536. The summed E-state index contributed by atoms with van der Waals surface area (Å²) in [5.74, 6) is -0.233. The van der Waals surface area contributed by atoms with Gasteiger partial charge in [-0.3, -0.25) is 4.79 Å². The van der Waals surface area contributed by atoms with E-state index < -0.39 is 0 Å². The highest BCUT2D eigenvalue weighted by atomic mass is 127. The number of carbonyl (C=O) groups is 1. The number of hydrogen-bond donors (Lipinski definition) is 0. The molecule has 0 radical (unpaired) electrons. The summed E-state index contributed by atoms with van der Waals surface area (Å²) in [6.07, 6.45) is 0.260. The van der Waals surface area contributed by atoms with E-state index in [9.17, 15) is 4.79 Å². The van der Waals surface area contributed by atoms with Crippen molar-refractivity contribution in [2.75, 3.05) is 6.61 Å². The third kappa shape index (κ3) is 3.59. The van der Waals surface area contributed by atoms with E-state index in [0.717, 1.165) is 12.7 Å². The van der Waals surface area contributed by atoms with Crippen LogP contribution in [0.15, 0.2) is 12.1 Å². The first-order chi connectivity index (χ1) is 7.58. The summed E-state index contributed by atoms with van der Waals surface area (Å²) in [6, 6.07) is 5.64. The van der Waals surface area contributed by atoms with Crippen LogP contribution in [0.5, 0.6) is 0 Å². The second-order valence-corrected chi connectivity index (χ2v) is 5.34. The van der Waals surface area contributed by atoms with Crippen LogP contribution >= 0.6 is 45.2 Å². The molecule has 0 unspecified atom stereocenters. The molecule has 0 aliphatic heterocycles. The van der Waals surface area contributed by atoms with Gasteiger partial charge in [0.05, 0.1) is 24.7 Å². The summed E-state index contributed by atoms with van der Waals surface area (Å²) in [7, 11) is 0. The van der Waals surface area contributed by atoms with Gasteiger partial charge in [0, 0.05) is 7.14 Å². The minimum atomic E-state index is -0.233. The summed E-state index contributed by atoms with van der Waals surface area (Å²) >= 11 is 4.27. The van der Waals surface area contributed by atoms with Gasteiger partial charge in [0.1, 0.15) is 0 Å². The van der Waals surface area contributed by atoms with Crippen LogP contribution in [-0.2, 0) is 16.0 Å². The maximum atomic E-state index is 11.4. The fourth-order valence-electron chi connectivity index (χ4n) is 1.19. The maximum absolute atomic E-state index is 11.4. The van der Waals surface area contributed by atoms with Gasteiger partial charge in [0.2, 0.25) is 0 Å². The highest BCUT2D eigenvalue weighted by Crippen LogP contribution is 2.22. The lowest BCUT2D eigenvalue weighted by atomic mass is 10.1. The van der Waals surface area contributed by atoms with E-state index >= 15 is 0 Å². The Bertz CT molecular complexity index is 429. The molecule has 1 aromatic carbocycles. The first-order valence-corrected chi connectivity index (χ1v) is 6.77. The smallest absolute Gasteiger partial charge is 0.310 e. The summed E-state index contributed by atoms with van der Waals surface area (Å²) < 4.78 is 6.75. The minimum Gasteiger partial charge on any atom is -0.466 e. The summed E-state index contributed by atoms with van der Waals surface area (Å²) in [5.41, 5.74) is 1.54. The van der Waals surface area contributed by atoms with Gasteiger partial charge in [-0.25, -0.2) is 0 Å². The van der Waals surface area contributed by atoms with E-state index in [1.54, 1.807) is 19.1 Å². The van der Waals surface area contributed by atoms with Gasteiger partial charge < -0.3 is 4.74 Å². The van der Waals surface area contributed by atoms with E-state index in [1.807, 2.05) is 0 Å². The number of nitriles is 1. The molecule has 0 N–H and O–H groups in total. The van der Waals surface area contributed by atoms with Gasteiger partial charge in [-0.15, -0.1) is 0 Å². The average molecular weight is 441 g/mol. The fourth-order valence-corrected chi connectivity index (χ4v) is 3.34. The molecule has 0 saturated heterocycles. The number of hydrogen-bond acceptors (Lipinski definition) is 3. The van der Waals surface area contributed by atoms with Gasteiger partial charge in [-0.05, 0) is 69.8 Å². The van der Waals surface area contributed by atoms with Gasteiger partial charge in [-0.2, -0.15) is 5.26 Å². The second-order valence-electron chi connectivity index (χ2n) is 3.01. The largest absolute Gasteiger partial charge is 0.466 e. The van der Waals surface area contributed by atoms with Crippen LogP contribution in [0.4, 0.5) is 0 Å². The summed E-state index contributed by atoms with van der Waals surface area (Å²) in [4.78, 5) is 11.4. The third-order valence-electron chi connectivity index (χ3n) is 1.90. The van der Waals surface area contributed by atoms with Crippen LogP contribution in [0.25, 0.3) is 0 Å². The Hall–Kier alpha value is -0.360. The summed E-state index contributed by atoms with van der Waals surface area (Å²) in [5, 5.41) is 8.80. The number of nitrogens with zero attached hydrogens (tertiary/aromatic N) is 1. The molecule has 1 rings (SSSR count). The first-order valence-electron chi connectivity index (χ1n) is 4.62. The monoisotopic (exact) mass is 441 g/mol. The van der Waals surface area contributed by atoms with Crippen LogP contribution in [0.2, 0.25) is 0 Å². The number of benzene rings is 1. The number of halogens is 2. The molecule has 0 atom stereocenters. The fraction of sp³-hybridized carbons (Fsp3) is 0.273.